The molecule has 1 aromatic heterocycles. The van der Waals surface area contributed by atoms with Crippen LogP contribution < -0.4 is 26.9 Å². The molecule has 3 aromatic rings. The van der Waals surface area contributed by atoms with E-state index < -0.39 is 5.97 Å². The van der Waals surface area contributed by atoms with Gasteiger partial charge >= 0.3 is 5.97 Å². The van der Waals surface area contributed by atoms with Crippen molar-refractivity contribution in [1.29, 1.82) is 0 Å². The van der Waals surface area contributed by atoms with Crippen molar-refractivity contribution in [3.05, 3.63) is 95.8 Å². The van der Waals surface area contributed by atoms with Gasteiger partial charge < -0.3 is 27.0 Å². The lowest BCUT2D eigenvalue weighted by molar-refractivity contribution is -0.683. The average molecular weight is 469 g/mol. The Hall–Kier alpha value is -3.32. The van der Waals surface area contributed by atoms with Gasteiger partial charge in [0.25, 0.3) is 5.91 Å². The molecule has 0 aliphatic carbocycles. The maximum Gasteiger partial charge on any atom is 0.344 e. The summed E-state index contributed by atoms with van der Waals surface area (Å²) in [6.45, 7) is 2.12. The van der Waals surface area contributed by atoms with E-state index in [2.05, 4.69) is 5.32 Å². The number of pyridine rings is 1. The predicted octanol–water partition coefficient (Wildman–Crippen LogP) is 0.290. The van der Waals surface area contributed by atoms with Gasteiger partial charge in [-0.15, -0.1) is 0 Å². The second kappa shape index (κ2) is 11.0. The number of halogens is 1. The van der Waals surface area contributed by atoms with Gasteiger partial charge in [0.15, 0.2) is 12.4 Å². The highest BCUT2D eigenvalue weighted by molar-refractivity contribution is 6.04. The molecular formula is C23H21BrN2O4. The van der Waals surface area contributed by atoms with Gasteiger partial charge in [-0.05, 0) is 49.4 Å². The topological polar surface area (TPSA) is 76.3 Å². The summed E-state index contributed by atoms with van der Waals surface area (Å²) in [6, 6.07) is 18.9. The van der Waals surface area contributed by atoms with Crippen molar-refractivity contribution in [2.75, 3.05) is 11.9 Å². The zero-order valence-corrected chi connectivity index (χ0v) is 18.0. The van der Waals surface area contributed by atoms with Crippen molar-refractivity contribution in [2.24, 2.45) is 0 Å². The van der Waals surface area contributed by atoms with Crippen molar-refractivity contribution in [1.82, 2.24) is 0 Å². The molecule has 0 fully saturated rings. The van der Waals surface area contributed by atoms with Crippen molar-refractivity contribution in [2.45, 2.75) is 13.5 Å². The molecule has 0 atom stereocenters. The molecule has 6 nitrogen and oxygen atoms in total. The molecule has 2 aromatic carbocycles. The fourth-order valence-corrected chi connectivity index (χ4v) is 2.74. The summed E-state index contributed by atoms with van der Waals surface area (Å²) >= 11 is 0. The molecule has 1 heterocycles. The summed E-state index contributed by atoms with van der Waals surface area (Å²) in [6.07, 6.45) is 3.30. The predicted molar refractivity (Wildman–Crippen MR) is 108 cm³/mol. The Labute approximate surface area is 185 Å². The first-order valence-corrected chi connectivity index (χ1v) is 9.22. The summed E-state index contributed by atoms with van der Waals surface area (Å²) in [4.78, 5) is 36.6. The van der Waals surface area contributed by atoms with E-state index in [0.29, 0.717) is 29.0 Å². The molecule has 7 heteroatoms. The molecule has 0 radical (unpaired) electrons. The van der Waals surface area contributed by atoms with Crippen LogP contribution in [0.1, 0.15) is 38.0 Å². The third kappa shape index (κ3) is 6.09. The van der Waals surface area contributed by atoms with Crippen LogP contribution in [0, 0.1) is 0 Å². The number of carbonyl (C=O) groups is 3. The molecule has 0 saturated carbocycles. The van der Waals surface area contributed by atoms with Crippen LogP contribution in [0.15, 0.2) is 79.1 Å². The summed E-state index contributed by atoms with van der Waals surface area (Å²) in [7, 11) is 0. The van der Waals surface area contributed by atoms with Crippen LogP contribution in [0.5, 0.6) is 0 Å². The SMILES string of the molecule is CCOC(=O)c1ccc[n+](CC(=O)c2ccc(NC(=O)c3ccccc3)cc2)c1.[Br-]. The lowest BCUT2D eigenvalue weighted by Crippen LogP contribution is -3.00. The quantitative estimate of drug-likeness (QED) is 0.307. The smallest absolute Gasteiger partial charge is 0.344 e. The van der Waals surface area contributed by atoms with E-state index in [0.717, 1.165) is 0 Å². The lowest BCUT2D eigenvalue weighted by atomic mass is 10.1. The Bertz CT molecular complexity index is 1020. The highest BCUT2D eigenvalue weighted by Gasteiger charge is 2.16. The first-order valence-electron chi connectivity index (χ1n) is 9.22. The third-order valence-corrected chi connectivity index (χ3v) is 4.20. The maximum atomic E-state index is 12.6. The van der Waals surface area contributed by atoms with E-state index in [1.807, 2.05) is 6.07 Å². The number of Topliss-reactive ketones (excluding diaryl/α,β-unsaturated/α-hetero) is 1. The molecule has 3 rings (SSSR count). The number of hydrogen-bond donors (Lipinski definition) is 1. The molecule has 0 aliphatic rings. The van der Waals surface area contributed by atoms with Crippen LogP contribution in [-0.2, 0) is 11.3 Å². The number of esters is 1. The molecule has 0 saturated heterocycles. The average Bonchev–Trinajstić information content (AvgIpc) is 2.75. The van der Waals surface area contributed by atoms with Gasteiger partial charge in [0.1, 0.15) is 5.56 Å². The number of ether oxygens (including phenoxy) is 1. The number of anilines is 1. The summed E-state index contributed by atoms with van der Waals surface area (Å²) in [5, 5.41) is 2.80. The maximum absolute atomic E-state index is 12.6. The lowest BCUT2D eigenvalue weighted by Gasteiger charge is -2.06. The molecule has 0 aliphatic heterocycles. The molecule has 0 spiro atoms. The Balaban J connectivity index is 0.00000320. The molecular weight excluding hydrogens is 448 g/mol. The number of amides is 1. The van der Waals surface area contributed by atoms with E-state index in [4.69, 9.17) is 4.74 Å². The molecule has 154 valence electrons. The van der Waals surface area contributed by atoms with E-state index in [-0.39, 0.29) is 35.2 Å². The van der Waals surface area contributed by atoms with Gasteiger partial charge in [-0.1, -0.05) is 18.2 Å². The van der Waals surface area contributed by atoms with Crippen LogP contribution in [0.3, 0.4) is 0 Å². The Morgan fingerprint density at radius 2 is 1.53 bits per heavy atom. The van der Waals surface area contributed by atoms with E-state index in [9.17, 15) is 14.4 Å². The second-order valence-corrected chi connectivity index (χ2v) is 6.31. The Morgan fingerprint density at radius 1 is 0.867 bits per heavy atom. The molecule has 30 heavy (non-hydrogen) atoms. The minimum Gasteiger partial charge on any atom is -1.00 e. The van der Waals surface area contributed by atoms with E-state index in [1.165, 1.54) is 0 Å². The van der Waals surface area contributed by atoms with Crippen LogP contribution >= 0.6 is 0 Å². The van der Waals surface area contributed by atoms with E-state index >= 15 is 0 Å². The molecule has 1 amide bonds. The van der Waals surface area contributed by atoms with Gasteiger partial charge in [0.05, 0.1) is 6.61 Å². The molecule has 0 bridgehead atoms. The van der Waals surface area contributed by atoms with Gasteiger partial charge in [-0.2, -0.15) is 4.57 Å². The van der Waals surface area contributed by atoms with Gasteiger partial charge in [0.2, 0.25) is 12.3 Å². The minimum atomic E-state index is -0.423. The largest absolute Gasteiger partial charge is 1.00 e. The van der Waals surface area contributed by atoms with Crippen molar-refractivity contribution in [3.63, 3.8) is 0 Å². The summed E-state index contributed by atoms with van der Waals surface area (Å²) < 4.78 is 6.62. The number of carbonyl (C=O) groups excluding carboxylic acids is 3. The summed E-state index contributed by atoms with van der Waals surface area (Å²) in [5.41, 5.74) is 2.07. The number of nitrogens with zero attached hydrogens (tertiary/aromatic N) is 1. The number of aromatic nitrogens is 1. The standard InChI is InChI=1S/C23H20N2O4.BrH/c1-2-29-23(28)19-9-6-14-25(15-19)16-21(26)17-10-12-20(13-11-17)24-22(27)18-7-4-3-5-8-18;/h3-15H,2,16H2,1H3;1H. The van der Waals surface area contributed by atoms with Crippen molar-refractivity contribution in [3.8, 4) is 0 Å². The van der Waals surface area contributed by atoms with Crippen LogP contribution in [0.2, 0.25) is 0 Å². The third-order valence-electron chi connectivity index (χ3n) is 4.20. The Kier molecular flexibility index (Phi) is 8.43. The number of rotatable bonds is 7. The molecule has 0 unspecified atom stereocenters. The number of nitrogens with one attached hydrogen (secondary N) is 1. The van der Waals surface area contributed by atoms with Gasteiger partial charge in [-0.3, -0.25) is 9.59 Å². The van der Waals surface area contributed by atoms with E-state index in [1.54, 1.807) is 84.5 Å². The normalized spacial score (nSPS) is 9.90. The second-order valence-electron chi connectivity index (χ2n) is 6.31. The highest BCUT2D eigenvalue weighted by atomic mass is 79.9. The van der Waals surface area contributed by atoms with Crippen molar-refractivity contribution < 1.29 is 40.7 Å². The number of ketones is 1. The fraction of sp³-hybridized carbons (Fsp3) is 0.130. The van der Waals surface area contributed by atoms with Crippen LogP contribution in [0.4, 0.5) is 5.69 Å². The first-order chi connectivity index (χ1) is 14.1. The summed E-state index contributed by atoms with van der Waals surface area (Å²) in [5.74, 6) is -0.749. The highest BCUT2D eigenvalue weighted by Crippen LogP contribution is 2.12. The minimum absolute atomic E-state index is 0. The van der Waals surface area contributed by atoms with Crippen LogP contribution in [0.25, 0.3) is 0 Å². The van der Waals surface area contributed by atoms with Crippen molar-refractivity contribution >= 4 is 23.3 Å². The van der Waals surface area contributed by atoms with Gasteiger partial charge in [-0.25, -0.2) is 4.79 Å². The fourth-order valence-electron chi connectivity index (χ4n) is 2.74. The monoisotopic (exact) mass is 468 g/mol. The van der Waals surface area contributed by atoms with Crippen LogP contribution in [-0.4, -0.2) is 24.3 Å². The first kappa shape index (κ1) is 23.0. The zero-order chi connectivity index (χ0) is 20.6. The zero-order valence-electron chi connectivity index (χ0n) is 16.4. The van der Waals surface area contributed by atoms with Gasteiger partial charge in [0, 0.05) is 22.9 Å². The number of hydrogen-bond acceptors (Lipinski definition) is 4. The Morgan fingerprint density at radius 3 is 2.20 bits per heavy atom. The molecule has 1 N–H and O–H groups in total. The number of benzene rings is 2.